The number of rotatable bonds is 9. The molecule has 0 radical (unpaired) electrons. The van der Waals surface area contributed by atoms with Gasteiger partial charge in [-0.25, -0.2) is 0 Å². The summed E-state index contributed by atoms with van der Waals surface area (Å²) in [6, 6.07) is 0. The molecule has 1 atom stereocenters. The van der Waals surface area contributed by atoms with Crippen molar-refractivity contribution in [2.24, 2.45) is 5.92 Å². The highest BCUT2D eigenvalue weighted by Gasteiger charge is 2.17. The third kappa shape index (κ3) is 7.66. The molecule has 1 aliphatic rings. The van der Waals surface area contributed by atoms with Crippen LogP contribution in [0, 0.1) is 5.92 Å². The fourth-order valence-electron chi connectivity index (χ4n) is 2.18. The molecule has 0 aromatic carbocycles. The molecular formula is C13H26N2OS. The molecule has 0 aromatic heterocycles. The summed E-state index contributed by atoms with van der Waals surface area (Å²) in [6.45, 7) is 2.95. The zero-order chi connectivity index (χ0) is 12.3. The average molecular weight is 258 g/mol. The number of carbonyl (C=O) groups excluding carboxylic acids is 1. The smallest absolute Gasteiger partial charge is 0.220 e. The van der Waals surface area contributed by atoms with Crippen LogP contribution in [0.5, 0.6) is 0 Å². The molecule has 1 heterocycles. The molecule has 4 heteroatoms. The molecule has 1 amide bonds. The van der Waals surface area contributed by atoms with E-state index in [0.717, 1.165) is 32.5 Å². The Kier molecular flexibility index (Phi) is 8.53. The maximum atomic E-state index is 11.6. The zero-order valence-electron chi connectivity index (χ0n) is 11.0. The van der Waals surface area contributed by atoms with Gasteiger partial charge in [-0.2, -0.15) is 11.8 Å². The van der Waals surface area contributed by atoms with E-state index in [1.165, 1.54) is 25.0 Å². The minimum absolute atomic E-state index is 0.239. The molecule has 0 aliphatic carbocycles. The number of amides is 1. The average Bonchev–Trinajstić information content (AvgIpc) is 2.80. The highest BCUT2D eigenvalue weighted by Crippen LogP contribution is 2.11. The molecule has 1 unspecified atom stereocenters. The second-order valence-corrected chi connectivity index (χ2v) is 5.81. The van der Waals surface area contributed by atoms with E-state index >= 15 is 0 Å². The van der Waals surface area contributed by atoms with Crippen molar-refractivity contribution in [3.8, 4) is 0 Å². The summed E-state index contributed by atoms with van der Waals surface area (Å²) in [6.07, 6.45) is 8.99. The van der Waals surface area contributed by atoms with Gasteiger partial charge in [-0.1, -0.05) is 12.8 Å². The van der Waals surface area contributed by atoms with E-state index in [1.54, 1.807) is 0 Å². The van der Waals surface area contributed by atoms with E-state index in [9.17, 15) is 4.79 Å². The van der Waals surface area contributed by atoms with Crippen molar-refractivity contribution in [3.63, 3.8) is 0 Å². The first-order chi connectivity index (χ1) is 8.33. The van der Waals surface area contributed by atoms with Crippen molar-refractivity contribution in [2.75, 3.05) is 31.6 Å². The van der Waals surface area contributed by atoms with Crippen LogP contribution in [0.25, 0.3) is 0 Å². The van der Waals surface area contributed by atoms with Gasteiger partial charge in [-0.05, 0) is 50.3 Å². The summed E-state index contributed by atoms with van der Waals surface area (Å²) < 4.78 is 0. The highest BCUT2D eigenvalue weighted by molar-refractivity contribution is 7.98. The number of unbranched alkanes of at least 4 members (excludes halogenated alkanes) is 3. The predicted molar refractivity (Wildman–Crippen MR) is 75.5 cm³/mol. The molecule has 0 bridgehead atoms. The minimum atomic E-state index is 0.239. The van der Waals surface area contributed by atoms with E-state index in [-0.39, 0.29) is 5.91 Å². The van der Waals surface area contributed by atoms with Crippen molar-refractivity contribution in [1.29, 1.82) is 0 Å². The lowest BCUT2D eigenvalue weighted by Gasteiger charge is -2.08. The second-order valence-electron chi connectivity index (χ2n) is 4.82. The van der Waals surface area contributed by atoms with Crippen LogP contribution in [0.3, 0.4) is 0 Å². The fraction of sp³-hybridized carbons (Fsp3) is 0.923. The molecule has 100 valence electrons. The number of hydrogen-bond acceptors (Lipinski definition) is 3. The van der Waals surface area contributed by atoms with Gasteiger partial charge in [0.1, 0.15) is 0 Å². The van der Waals surface area contributed by atoms with Crippen LogP contribution in [0.1, 0.15) is 38.5 Å². The van der Waals surface area contributed by atoms with Crippen LogP contribution >= 0.6 is 11.8 Å². The summed E-state index contributed by atoms with van der Waals surface area (Å²) in [5, 5.41) is 6.32. The first-order valence-corrected chi connectivity index (χ1v) is 8.18. The van der Waals surface area contributed by atoms with E-state index in [1.807, 2.05) is 11.8 Å². The minimum Gasteiger partial charge on any atom is -0.356 e. The van der Waals surface area contributed by atoms with Crippen LogP contribution in [-0.2, 0) is 4.79 Å². The number of thioether (sulfide) groups is 1. The molecule has 1 saturated heterocycles. The number of nitrogens with one attached hydrogen (secondary N) is 2. The molecule has 2 N–H and O–H groups in total. The normalized spacial score (nSPS) is 19.5. The van der Waals surface area contributed by atoms with Crippen molar-refractivity contribution in [2.45, 2.75) is 38.5 Å². The lowest BCUT2D eigenvalue weighted by atomic mass is 10.0. The van der Waals surface area contributed by atoms with Crippen LogP contribution in [0.4, 0.5) is 0 Å². The third-order valence-corrected chi connectivity index (χ3v) is 3.93. The predicted octanol–water partition coefficient (Wildman–Crippen LogP) is 2.03. The van der Waals surface area contributed by atoms with Crippen molar-refractivity contribution in [1.82, 2.24) is 10.6 Å². The van der Waals surface area contributed by atoms with Crippen LogP contribution in [-0.4, -0.2) is 37.6 Å². The molecule has 1 fully saturated rings. The van der Waals surface area contributed by atoms with Gasteiger partial charge in [0.25, 0.3) is 0 Å². The quantitative estimate of drug-likeness (QED) is 0.622. The van der Waals surface area contributed by atoms with Crippen LogP contribution in [0.2, 0.25) is 0 Å². The SMILES string of the molecule is CSCCCCCCNC(=O)CC1CCNC1. The maximum Gasteiger partial charge on any atom is 0.220 e. The lowest BCUT2D eigenvalue weighted by Crippen LogP contribution is -2.27. The first kappa shape index (κ1) is 14.8. The number of hydrogen-bond donors (Lipinski definition) is 2. The highest BCUT2D eigenvalue weighted by atomic mass is 32.2. The lowest BCUT2D eigenvalue weighted by molar-refractivity contribution is -0.121. The Labute approximate surface area is 109 Å². The van der Waals surface area contributed by atoms with Crippen molar-refractivity contribution < 1.29 is 4.79 Å². The van der Waals surface area contributed by atoms with E-state index in [2.05, 4.69) is 16.9 Å². The van der Waals surface area contributed by atoms with Gasteiger partial charge < -0.3 is 10.6 Å². The van der Waals surface area contributed by atoms with Gasteiger partial charge in [0.15, 0.2) is 0 Å². The summed E-state index contributed by atoms with van der Waals surface area (Å²) in [5.74, 6) is 2.07. The van der Waals surface area contributed by atoms with Gasteiger partial charge in [-0.3, -0.25) is 4.79 Å². The molecule has 1 rings (SSSR count). The van der Waals surface area contributed by atoms with Crippen LogP contribution < -0.4 is 10.6 Å². The fourth-order valence-corrected chi connectivity index (χ4v) is 2.67. The van der Waals surface area contributed by atoms with Gasteiger partial charge >= 0.3 is 0 Å². The Hall–Kier alpha value is -0.220. The summed E-state index contributed by atoms with van der Waals surface area (Å²) in [4.78, 5) is 11.6. The Bertz CT molecular complexity index is 206. The van der Waals surface area contributed by atoms with Crippen molar-refractivity contribution in [3.05, 3.63) is 0 Å². The summed E-state index contributed by atoms with van der Waals surface area (Å²) in [7, 11) is 0. The topological polar surface area (TPSA) is 41.1 Å². The largest absolute Gasteiger partial charge is 0.356 e. The summed E-state index contributed by atoms with van der Waals surface area (Å²) in [5.41, 5.74) is 0. The Morgan fingerprint density at radius 1 is 1.35 bits per heavy atom. The monoisotopic (exact) mass is 258 g/mol. The molecule has 1 aliphatic heterocycles. The molecule has 17 heavy (non-hydrogen) atoms. The van der Waals surface area contributed by atoms with E-state index < -0.39 is 0 Å². The Morgan fingerprint density at radius 3 is 2.88 bits per heavy atom. The second kappa shape index (κ2) is 9.77. The van der Waals surface area contributed by atoms with Crippen LogP contribution in [0.15, 0.2) is 0 Å². The Balaban J connectivity index is 1.86. The first-order valence-electron chi connectivity index (χ1n) is 6.79. The van der Waals surface area contributed by atoms with Crippen molar-refractivity contribution >= 4 is 17.7 Å². The number of carbonyl (C=O) groups is 1. The molecule has 0 spiro atoms. The molecular weight excluding hydrogens is 232 g/mol. The third-order valence-electron chi connectivity index (χ3n) is 3.23. The zero-order valence-corrected chi connectivity index (χ0v) is 11.8. The van der Waals surface area contributed by atoms with Gasteiger partial charge in [0.05, 0.1) is 0 Å². The molecule has 3 nitrogen and oxygen atoms in total. The molecule has 0 saturated carbocycles. The Morgan fingerprint density at radius 2 is 2.18 bits per heavy atom. The van der Waals surface area contributed by atoms with Gasteiger partial charge in [0.2, 0.25) is 5.91 Å². The summed E-state index contributed by atoms with van der Waals surface area (Å²) >= 11 is 1.91. The standard InChI is InChI=1S/C13H26N2OS/c1-17-9-5-3-2-4-7-15-13(16)10-12-6-8-14-11-12/h12,14H,2-11H2,1H3,(H,15,16). The van der Waals surface area contributed by atoms with E-state index in [0.29, 0.717) is 12.3 Å². The van der Waals surface area contributed by atoms with Gasteiger partial charge in [0, 0.05) is 13.0 Å². The van der Waals surface area contributed by atoms with E-state index in [4.69, 9.17) is 0 Å². The van der Waals surface area contributed by atoms with Gasteiger partial charge in [-0.15, -0.1) is 0 Å². The maximum absolute atomic E-state index is 11.6. The molecule has 0 aromatic rings.